The van der Waals surface area contributed by atoms with Gasteiger partial charge in [0.05, 0.1) is 32.0 Å². The fourth-order valence-electron chi connectivity index (χ4n) is 2.21. The van der Waals surface area contributed by atoms with Gasteiger partial charge in [-0.25, -0.2) is 0 Å². The molecule has 2 unspecified atom stereocenters. The van der Waals surface area contributed by atoms with E-state index in [-0.39, 0.29) is 0 Å². The van der Waals surface area contributed by atoms with Crippen molar-refractivity contribution >= 4 is 0 Å². The van der Waals surface area contributed by atoms with E-state index in [1.165, 1.54) is 11.1 Å². The molecule has 2 heterocycles. The van der Waals surface area contributed by atoms with Gasteiger partial charge in [-0.2, -0.15) is 0 Å². The molecule has 3 nitrogen and oxygen atoms in total. The molecule has 3 rings (SSSR count). The zero-order chi connectivity index (χ0) is 12.4. The van der Waals surface area contributed by atoms with Crippen molar-refractivity contribution < 1.29 is 14.2 Å². The second-order valence-corrected chi connectivity index (χ2v) is 5.07. The van der Waals surface area contributed by atoms with Gasteiger partial charge in [-0.3, -0.25) is 0 Å². The summed E-state index contributed by atoms with van der Waals surface area (Å²) in [6, 6.07) is 6.43. The largest absolute Gasteiger partial charge is 0.493 e. The molecule has 0 aromatic heterocycles. The monoisotopic (exact) mass is 248 g/mol. The van der Waals surface area contributed by atoms with E-state index in [0.717, 1.165) is 44.8 Å². The number of rotatable bonds is 7. The predicted molar refractivity (Wildman–Crippen MR) is 69.1 cm³/mol. The molecule has 2 aliphatic heterocycles. The smallest absolute Gasteiger partial charge is 0.125 e. The first-order valence-electron chi connectivity index (χ1n) is 6.83. The molecule has 0 bridgehead atoms. The Bertz CT molecular complexity index is 376. The van der Waals surface area contributed by atoms with E-state index >= 15 is 0 Å². The van der Waals surface area contributed by atoms with Crippen molar-refractivity contribution in [1.29, 1.82) is 0 Å². The summed E-state index contributed by atoms with van der Waals surface area (Å²) < 4.78 is 16.6. The van der Waals surface area contributed by atoms with Crippen molar-refractivity contribution in [3.05, 3.63) is 29.3 Å². The van der Waals surface area contributed by atoms with E-state index in [0.29, 0.717) is 12.2 Å². The summed E-state index contributed by atoms with van der Waals surface area (Å²) >= 11 is 0. The van der Waals surface area contributed by atoms with E-state index < -0.39 is 0 Å². The molecule has 1 aromatic carbocycles. The van der Waals surface area contributed by atoms with Crippen LogP contribution in [0.5, 0.6) is 5.75 Å². The maximum Gasteiger partial charge on any atom is 0.125 e. The van der Waals surface area contributed by atoms with Crippen molar-refractivity contribution in [3.63, 3.8) is 0 Å². The molecule has 0 amide bonds. The molecule has 2 aliphatic rings. The summed E-state index contributed by atoms with van der Waals surface area (Å²) in [5, 5.41) is 0. The molecule has 3 heteroatoms. The highest BCUT2D eigenvalue weighted by Gasteiger charge is 2.27. The number of hydrogen-bond acceptors (Lipinski definition) is 3. The normalized spacial score (nSPS) is 24.9. The molecule has 0 radical (unpaired) electrons. The molecule has 0 aliphatic carbocycles. The van der Waals surface area contributed by atoms with Gasteiger partial charge >= 0.3 is 0 Å². The van der Waals surface area contributed by atoms with Crippen molar-refractivity contribution in [3.8, 4) is 5.75 Å². The molecule has 2 saturated heterocycles. The van der Waals surface area contributed by atoms with Gasteiger partial charge in [0, 0.05) is 12.8 Å². The fraction of sp³-hybridized carbons (Fsp3) is 0.600. The van der Waals surface area contributed by atoms with Crippen LogP contribution in [0.1, 0.15) is 24.5 Å². The lowest BCUT2D eigenvalue weighted by molar-refractivity contribution is 0.307. The van der Waals surface area contributed by atoms with Crippen LogP contribution in [0.25, 0.3) is 0 Å². The predicted octanol–water partition coefficient (Wildman–Crippen LogP) is 2.36. The van der Waals surface area contributed by atoms with E-state index in [9.17, 15) is 0 Å². The first kappa shape index (κ1) is 12.0. The highest BCUT2D eigenvalue weighted by molar-refractivity contribution is 5.43. The Morgan fingerprint density at radius 2 is 1.67 bits per heavy atom. The summed E-state index contributed by atoms with van der Waals surface area (Å²) in [7, 11) is 0. The lowest BCUT2D eigenvalue weighted by Crippen LogP contribution is -2.06. The number of hydrogen-bond donors (Lipinski definition) is 0. The van der Waals surface area contributed by atoms with Crippen molar-refractivity contribution in [2.24, 2.45) is 0 Å². The van der Waals surface area contributed by atoms with Crippen LogP contribution in [0.2, 0.25) is 0 Å². The van der Waals surface area contributed by atoms with Gasteiger partial charge in [0.2, 0.25) is 0 Å². The molecule has 0 N–H and O–H groups in total. The Balaban J connectivity index is 1.79. The topological polar surface area (TPSA) is 34.3 Å². The second kappa shape index (κ2) is 5.29. The third kappa shape index (κ3) is 3.03. The maximum absolute atomic E-state index is 5.96. The Kier molecular flexibility index (Phi) is 3.52. The lowest BCUT2D eigenvalue weighted by Gasteiger charge is -2.14. The molecular formula is C15H20O3. The van der Waals surface area contributed by atoms with Crippen LogP contribution >= 0.6 is 0 Å². The molecular weight excluding hydrogens is 228 g/mol. The Morgan fingerprint density at radius 3 is 2.11 bits per heavy atom. The van der Waals surface area contributed by atoms with Gasteiger partial charge in [-0.15, -0.1) is 0 Å². The number of benzene rings is 1. The second-order valence-electron chi connectivity index (χ2n) is 5.07. The fourth-order valence-corrected chi connectivity index (χ4v) is 2.21. The minimum atomic E-state index is 0.404. The zero-order valence-corrected chi connectivity index (χ0v) is 10.9. The molecule has 1 aromatic rings. The molecule has 18 heavy (non-hydrogen) atoms. The van der Waals surface area contributed by atoms with Gasteiger partial charge < -0.3 is 14.2 Å². The molecule has 0 spiro atoms. The SMILES string of the molecule is CCCOc1c(CC2CO2)cccc1CC1CO1. The van der Waals surface area contributed by atoms with Crippen molar-refractivity contribution in [2.45, 2.75) is 38.4 Å². The van der Waals surface area contributed by atoms with Crippen LogP contribution in [0, 0.1) is 0 Å². The molecule has 98 valence electrons. The molecule has 0 saturated carbocycles. The molecule has 2 fully saturated rings. The van der Waals surface area contributed by atoms with E-state index in [2.05, 4.69) is 25.1 Å². The first-order valence-corrected chi connectivity index (χ1v) is 6.83. The number of epoxide rings is 2. The van der Waals surface area contributed by atoms with Gasteiger partial charge in [-0.1, -0.05) is 25.1 Å². The summed E-state index contributed by atoms with van der Waals surface area (Å²) in [6.45, 7) is 4.70. The summed E-state index contributed by atoms with van der Waals surface area (Å²) in [5.41, 5.74) is 2.56. The number of para-hydroxylation sites is 1. The standard InChI is InChI=1S/C15H20O3/c1-2-6-16-15-11(7-13-9-17-13)4-3-5-12(15)8-14-10-18-14/h3-5,13-14H,2,6-10H2,1H3. The van der Waals surface area contributed by atoms with Crippen LogP contribution in [0.3, 0.4) is 0 Å². The van der Waals surface area contributed by atoms with Gasteiger partial charge in [-0.05, 0) is 17.5 Å². The first-order chi connectivity index (χ1) is 8.86. The van der Waals surface area contributed by atoms with Crippen LogP contribution in [0.15, 0.2) is 18.2 Å². The third-order valence-corrected chi connectivity index (χ3v) is 3.33. The average molecular weight is 248 g/mol. The van der Waals surface area contributed by atoms with E-state index in [4.69, 9.17) is 14.2 Å². The van der Waals surface area contributed by atoms with Crippen LogP contribution < -0.4 is 4.74 Å². The highest BCUT2D eigenvalue weighted by Crippen LogP contribution is 2.31. The van der Waals surface area contributed by atoms with Crippen LogP contribution in [-0.4, -0.2) is 32.0 Å². The van der Waals surface area contributed by atoms with Gasteiger partial charge in [0.25, 0.3) is 0 Å². The van der Waals surface area contributed by atoms with Crippen molar-refractivity contribution in [1.82, 2.24) is 0 Å². The summed E-state index contributed by atoms with van der Waals surface area (Å²) in [4.78, 5) is 0. The lowest BCUT2D eigenvalue weighted by atomic mass is 10.0. The van der Waals surface area contributed by atoms with Crippen LogP contribution in [0.4, 0.5) is 0 Å². The quantitative estimate of drug-likeness (QED) is 0.695. The van der Waals surface area contributed by atoms with Crippen LogP contribution in [-0.2, 0) is 22.3 Å². The Labute approximate surface area is 108 Å². The minimum absolute atomic E-state index is 0.404. The maximum atomic E-state index is 5.96. The van der Waals surface area contributed by atoms with Crippen molar-refractivity contribution in [2.75, 3.05) is 19.8 Å². The average Bonchev–Trinajstić information content (AvgIpc) is 3.23. The third-order valence-electron chi connectivity index (χ3n) is 3.33. The highest BCUT2D eigenvalue weighted by atomic mass is 16.6. The van der Waals surface area contributed by atoms with Gasteiger partial charge in [0.15, 0.2) is 0 Å². The Morgan fingerprint density at radius 1 is 1.11 bits per heavy atom. The minimum Gasteiger partial charge on any atom is -0.493 e. The summed E-state index contributed by atoms with van der Waals surface area (Å²) in [5.74, 6) is 1.07. The Hall–Kier alpha value is -1.06. The zero-order valence-electron chi connectivity index (χ0n) is 10.9. The van der Waals surface area contributed by atoms with Gasteiger partial charge in [0.1, 0.15) is 5.75 Å². The summed E-state index contributed by atoms with van der Waals surface area (Å²) in [6.07, 6.45) is 3.78. The van der Waals surface area contributed by atoms with E-state index in [1.807, 2.05) is 0 Å². The number of ether oxygens (including phenoxy) is 3. The molecule has 2 atom stereocenters. The van der Waals surface area contributed by atoms with E-state index in [1.54, 1.807) is 0 Å².